The maximum absolute atomic E-state index is 9.63. The molecule has 66 valence electrons. The minimum atomic E-state index is -0.944. The van der Waals surface area contributed by atoms with Crippen LogP contribution in [0, 0.1) is 0 Å². The Morgan fingerprint density at radius 1 is 1.00 bits per heavy atom. The van der Waals surface area contributed by atoms with Gasteiger partial charge in [0.2, 0.25) is 0 Å². The standard InChI is InChI=1S/C2H2O3S2.Na.3H2O.H/c3-1(6)5-2(4)7;;;;;/h(H,3,6)(H,4,7);;3*1H2;/q;+1;;;;-1. The molecule has 0 spiro atoms. The minimum Gasteiger partial charge on any atom is -1.00 e. The summed E-state index contributed by atoms with van der Waals surface area (Å²) in [5, 5.41) is -1.89. The normalized spacial score (nSPS) is 4.91. The molecule has 0 aliphatic rings. The molecule has 0 aliphatic heterocycles. The third-order valence-electron chi connectivity index (χ3n) is 0.175. The second kappa shape index (κ2) is 17.0. The Balaban J connectivity index is -0.0000000180. The fourth-order valence-electron chi connectivity index (χ4n) is 0.0747. The molecule has 9 heteroatoms. The average molecular weight is 216 g/mol. The van der Waals surface area contributed by atoms with Gasteiger partial charge in [0.05, 0.1) is 0 Å². The van der Waals surface area contributed by atoms with Gasteiger partial charge in [0.25, 0.3) is 0 Å². The maximum Gasteiger partial charge on any atom is 1.00 e. The number of carbonyl (C=O) groups excluding carboxylic acids is 2. The van der Waals surface area contributed by atoms with Gasteiger partial charge in [0.1, 0.15) is 0 Å². The van der Waals surface area contributed by atoms with Crippen LogP contribution in [-0.2, 0) is 4.74 Å². The van der Waals surface area contributed by atoms with E-state index in [4.69, 9.17) is 0 Å². The van der Waals surface area contributed by atoms with E-state index < -0.39 is 10.6 Å². The van der Waals surface area contributed by atoms with Crippen molar-refractivity contribution in [3.05, 3.63) is 0 Å². The SMILES string of the molecule is O.O.O.O=C(S)OC(=O)S.[H-].[Na+]. The zero-order chi connectivity index (χ0) is 5.86. The molecule has 0 unspecified atom stereocenters. The molecular weight excluding hydrogens is 207 g/mol. The monoisotopic (exact) mass is 216 g/mol. The second-order valence-electron chi connectivity index (χ2n) is 0.634. The van der Waals surface area contributed by atoms with Crippen molar-refractivity contribution in [1.29, 1.82) is 0 Å². The molecule has 0 aliphatic carbocycles. The number of thiol groups is 2. The van der Waals surface area contributed by atoms with E-state index in [1.165, 1.54) is 0 Å². The number of ether oxygens (including phenoxy) is 1. The Kier molecular flexibility index (Phi) is 46.1. The van der Waals surface area contributed by atoms with Crippen molar-refractivity contribution in [2.75, 3.05) is 0 Å². The van der Waals surface area contributed by atoms with Gasteiger partial charge in [-0.15, -0.1) is 0 Å². The molecule has 0 bridgehead atoms. The van der Waals surface area contributed by atoms with E-state index in [0.29, 0.717) is 0 Å². The van der Waals surface area contributed by atoms with Crippen molar-refractivity contribution in [1.82, 2.24) is 0 Å². The number of hydrogen-bond acceptors (Lipinski definition) is 3. The third-order valence-corrected chi connectivity index (χ3v) is 0.357. The maximum atomic E-state index is 9.63. The Morgan fingerprint density at radius 2 is 1.18 bits per heavy atom. The molecule has 6 N–H and O–H groups in total. The Morgan fingerprint density at radius 3 is 1.18 bits per heavy atom. The molecule has 0 fully saturated rings. The molecule has 0 amide bonds. The first-order valence-corrected chi connectivity index (χ1v) is 2.16. The van der Waals surface area contributed by atoms with Crippen LogP contribution in [0.2, 0.25) is 0 Å². The van der Waals surface area contributed by atoms with Gasteiger partial charge in [-0.05, 0) is 0 Å². The zero-order valence-corrected chi connectivity index (χ0v) is 9.41. The van der Waals surface area contributed by atoms with Crippen LogP contribution in [-0.4, -0.2) is 27.0 Å². The van der Waals surface area contributed by atoms with Gasteiger partial charge in [0.15, 0.2) is 0 Å². The van der Waals surface area contributed by atoms with Crippen LogP contribution in [0.15, 0.2) is 0 Å². The summed E-state index contributed by atoms with van der Waals surface area (Å²) in [6, 6.07) is 0. The smallest absolute Gasteiger partial charge is 1.00 e. The van der Waals surface area contributed by atoms with E-state index in [1.807, 2.05) is 0 Å². The number of carbonyl (C=O) groups is 2. The summed E-state index contributed by atoms with van der Waals surface area (Å²) in [7, 11) is 0. The summed E-state index contributed by atoms with van der Waals surface area (Å²) in [5.74, 6) is 0. The number of rotatable bonds is 0. The molecule has 0 aromatic carbocycles. The van der Waals surface area contributed by atoms with Crippen molar-refractivity contribution in [3.8, 4) is 0 Å². The molecule has 0 saturated carbocycles. The predicted molar refractivity (Wildman–Crippen MR) is 41.8 cm³/mol. The van der Waals surface area contributed by atoms with Crippen molar-refractivity contribution < 1.29 is 61.7 Å². The molecule has 0 aromatic heterocycles. The van der Waals surface area contributed by atoms with E-state index >= 15 is 0 Å². The van der Waals surface area contributed by atoms with E-state index in [2.05, 4.69) is 30.0 Å². The molecule has 0 radical (unpaired) electrons. The zero-order valence-electron chi connectivity index (χ0n) is 6.62. The Labute approximate surface area is 97.2 Å². The molecule has 0 heterocycles. The summed E-state index contributed by atoms with van der Waals surface area (Å²) in [4.78, 5) is 19.3. The largest absolute Gasteiger partial charge is 1.00 e. The van der Waals surface area contributed by atoms with Crippen LogP contribution in [0.25, 0.3) is 0 Å². The molecule has 6 nitrogen and oxygen atoms in total. The molecule has 0 saturated heterocycles. The van der Waals surface area contributed by atoms with Gasteiger partial charge in [-0.1, -0.05) is 25.3 Å². The quantitative estimate of drug-likeness (QED) is 0.183. The fourth-order valence-corrected chi connectivity index (χ4v) is 0.313. The van der Waals surface area contributed by atoms with Gasteiger partial charge < -0.3 is 22.6 Å². The van der Waals surface area contributed by atoms with E-state index in [-0.39, 0.29) is 47.4 Å². The van der Waals surface area contributed by atoms with Gasteiger partial charge in [0, 0.05) is 0 Å². The van der Waals surface area contributed by atoms with Crippen molar-refractivity contribution in [2.45, 2.75) is 0 Å². The first-order valence-electron chi connectivity index (χ1n) is 1.26. The van der Waals surface area contributed by atoms with Crippen molar-refractivity contribution >= 4 is 35.9 Å². The topological polar surface area (TPSA) is 138 Å². The molecule has 0 aromatic rings. The summed E-state index contributed by atoms with van der Waals surface area (Å²) in [6.07, 6.45) is 0. The number of hydrogen-bond donors (Lipinski definition) is 2. The van der Waals surface area contributed by atoms with Gasteiger partial charge in [-0.3, -0.25) is 0 Å². The Bertz CT molecular complexity index is 99.7. The first-order chi connectivity index (χ1) is 3.13. The van der Waals surface area contributed by atoms with Crippen LogP contribution < -0.4 is 29.6 Å². The molecular formula is C2H9NaO6S2. The van der Waals surface area contributed by atoms with Crippen LogP contribution in [0.3, 0.4) is 0 Å². The predicted octanol–water partition coefficient (Wildman–Crippen LogP) is -4.25. The van der Waals surface area contributed by atoms with Gasteiger partial charge in [-0.2, -0.15) is 0 Å². The molecule has 11 heavy (non-hydrogen) atoms. The van der Waals surface area contributed by atoms with E-state index in [9.17, 15) is 9.59 Å². The van der Waals surface area contributed by atoms with Gasteiger partial charge in [-0.25, -0.2) is 9.59 Å². The van der Waals surface area contributed by atoms with E-state index in [1.54, 1.807) is 0 Å². The molecule has 0 rings (SSSR count). The van der Waals surface area contributed by atoms with E-state index in [0.717, 1.165) is 0 Å². The third kappa shape index (κ3) is 36.6. The van der Waals surface area contributed by atoms with Crippen LogP contribution >= 0.6 is 25.3 Å². The average Bonchev–Trinajstić information content (AvgIpc) is 1.27. The summed E-state index contributed by atoms with van der Waals surface area (Å²) in [5.41, 5.74) is 0. The van der Waals surface area contributed by atoms with Crippen LogP contribution in [0.4, 0.5) is 9.59 Å². The molecule has 0 atom stereocenters. The second-order valence-corrected chi connectivity index (χ2v) is 1.36. The van der Waals surface area contributed by atoms with Crippen LogP contribution in [0.5, 0.6) is 0 Å². The Hall–Kier alpha value is 0.720. The summed E-state index contributed by atoms with van der Waals surface area (Å²) in [6.45, 7) is 0. The fraction of sp³-hybridized carbons (Fsp3) is 0. The van der Waals surface area contributed by atoms with Gasteiger partial charge >= 0.3 is 40.2 Å². The van der Waals surface area contributed by atoms with Crippen molar-refractivity contribution in [3.63, 3.8) is 0 Å². The minimum absolute atomic E-state index is 0. The van der Waals surface area contributed by atoms with Crippen LogP contribution in [0.1, 0.15) is 1.43 Å². The van der Waals surface area contributed by atoms with Crippen molar-refractivity contribution in [2.24, 2.45) is 0 Å². The summed E-state index contributed by atoms with van der Waals surface area (Å²) >= 11 is 6.21. The summed E-state index contributed by atoms with van der Waals surface area (Å²) < 4.78 is 3.70. The first kappa shape index (κ1) is 29.8.